The number of ether oxygens (including phenoxy) is 2. The van der Waals surface area contributed by atoms with Gasteiger partial charge in [0.1, 0.15) is 17.2 Å². The second kappa shape index (κ2) is 8.14. The predicted octanol–water partition coefficient (Wildman–Crippen LogP) is 4.24. The van der Waals surface area contributed by atoms with Gasteiger partial charge in [0, 0.05) is 12.4 Å². The second-order valence-corrected chi connectivity index (χ2v) is 6.37. The van der Waals surface area contributed by atoms with Crippen LogP contribution in [0, 0.1) is 13.8 Å². The molecule has 7 heteroatoms. The highest BCUT2D eigenvalue weighted by Gasteiger charge is 2.15. The third kappa shape index (κ3) is 4.06. The molecule has 6 nitrogen and oxygen atoms in total. The number of fused-ring (bicyclic) bond motifs is 1. The zero-order valence-corrected chi connectivity index (χ0v) is 16.2. The van der Waals surface area contributed by atoms with Gasteiger partial charge in [-0.3, -0.25) is 9.39 Å². The van der Waals surface area contributed by atoms with Crippen molar-refractivity contribution >= 4 is 29.7 Å². The molecule has 0 spiro atoms. The second-order valence-electron chi connectivity index (χ2n) is 5.96. The summed E-state index contributed by atoms with van der Waals surface area (Å²) >= 11 is 6.32. The first-order chi connectivity index (χ1) is 13.0. The number of halogens is 1. The van der Waals surface area contributed by atoms with Crippen molar-refractivity contribution in [3.63, 3.8) is 0 Å². The van der Waals surface area contributed by atoms with E-state index in [-0.39, 0.29) is 6.73 Å². The lowest BCUT2D eigenvalue weighted by atomic mass is 10.2. The number of aryl methyl sites for hydroxylation is 2. The molecule has 3 aromatic rings. The van der Waals surface area contributed by atoms with E-state index in [0.29, 0.717) is 16.4 Å². The quantitative estimate of drug-likeness (QED) is 0.376. The highest BCUT2D eigenvalue weighted by atomic mass is 35.5. The molecule has 2 heterocycles. The third-order valence-corrected chi connectivity index (χ3v) is 4.30. The fraction of sp³-hybridized carbons (Fsp3) is 0.200. The number of rotatable bonds is 7. The van der Waals surface area contributed by atoms with Crippen LogP contribution in [0.4, 0.5) is 0 Å². The molecular weight excluding hydrogens is 364 g/mol. The monoisotopic (exact) mass is 384 g/mol. The van der Waals surface area contributed by atoms with Gasteiger partial charge in [0.15, 0.2) is 12.4 Å². The molecule has 0 bridgehead atoms. The number of methoxy groups -OCH3 is 1. The number of imidazole rings is 1. The fourth-order valence-corrected chi connectivity index (χ4v) is 3.08. The topological polar surface area (TPSA) is 60.2 Å². The van der Waals surface area contributed by atoms with Crippen molar-refractivity contribution in [2.24, 2.45) is 4.99 Å². The van der Waals surface area contributed by atoms with Gasteiger partial charge in [0.2, 0.25) is 0 Å². The van der Waals surface area contributed by atoms with Crippen molar-refractivity contribution in [2.75, 3.05) is 13.8 Å². The number of aliphatic imine (C=N–C) groups is 1. The number of pyridine rings is 1. The summed E-state index contributed by atoms with van der Waals surface area (Å²) in [6.07, 6.45) is 3.73. The summed E-state index contributed by atoms with van der Waals surface area (Å²) in [5, 5.41) is 3.70. The van der Waals surface area contributed by atoms with Crippen LogP contribution in [0.1, 0.15) is 17.0 Å². The van der Waals surface area contributed by atoms with E-state index in [0.717, 1.165) is 28.5 Å². The molecule has 27 heavy (non-hydrogen) atoms. The molecule has 3 rings (SSSR count). The predicted molar refractivity (Wildman–Crippen MR) is 109 cm³/mol. The average molecular weight is 385 g/mol. The van der Waals surface area contributed by atoms with Crippen LogP contribution in [0.5, 0.6) is 11.5 Å². The van der Waals surface area contributed by atoms with Gasteiger partial charge in [-0.15, -0.1) is 0 Å². The molecule has 0 radical (unpaired) electrons. The first-order valence-corrected chi connectivity index (χ1v) is 8.73. The van der Waals surface area contributed by atoms with Gasteiger partial charge in [-0.1, -0.05) is 11.6 Å². The zero-order valence-electron chi connectivity index (χ0n) is 15.5. The fourth-order valence-electron chi connectivity index (χ4n) is 2.78. The number of nitrogens with zero attached hydrogens (tertiary/aromatic N) is 3. The minimum atomic E-state index is 0.279. The standard InChI is InChI=1S/C20H21ClN4O2/c1-13-9-17(21)20-24-14(2)19(25(20)11-13)18(22-3)10-23-12-27-16-7-5-15(26-4)6-8-16/h5-11,23H,3,12H2,1-2,4H3/b18-10-. The van der Waals surface area contributed by atoms with Crippen LogP contribution in [0.2, 0.25) is 5.02 Å². The molecule has 2 aromatic heterocycles. The lowest BCUT2D eigenvalue weighted by Gasteiger charge is -2.09. The van der Waals surface area contributed by atoms with E-state index in [1.807, 2.05) is 54.8 Å². The molecule has 0 aliphatic rings. The highest BCUT2D eigenvalue weighted by Crippen LogP contribution is 2.26. The van der Waals surface area contributed by atoms with E-state index in [4.69, 9.17) is 21.1 Å². The van der Waals surface area contributed by atoms with Crippen molar-refractivity contribution in [3.8, 4) is 11.5 Å². The first kappa shape index (κ1) is 18.8. The van der Waals surface area contributed by atoms with Crippen molar-refractivity contribution in [3.05, 3.63) is 64.7 Å². The van der Waals surface area contributed by atoms with Crippen LogP contribution in [-0.2, 0) is 0 Å². The van der Waals surface area contributed by atoms with Crippen LogP contribution in [0.15, 0.2) is 47.7 Å². The van der Waals surface area contributed by atoms with Crippen molar-refractivity contribution in [2.45, 2.75) is 13.8 Å². The van der Waals surface area contributed by atoms with Crippen LogP contribution < -0.4 is 14.8 Å². The molecule has 1 aromatic carbocycles. The summed E-state index contributed by atoms with van der Waals surface area (Å²) < 4.78 is 12.7. The van der Waals surface area contributed by atoms with E-state index < -0.39 is 0 Å². The number of aromatic nitrogens is 2. The molecule has 0 saturated heterocycles. The SMILES string of the molecule is C=N/C(=C\NCOc1ccc(OC)cc1)c1c(C)nc2c(Cl)cc(C)cn12. The Morgan fingerprint density at radius 3 is 2.67 bits per heavy atom. The Morgan fingerprint density at radius 2 is 2.00 bits per heavy atom. The molecule has 0 unspecified atom stereocenters. The van der Waals surface area contributed by atoms with Crippen molar-refractivity contribution in [1.82, 2.24) is 14.7 Å². The number of nitrogens with one attached hydrogen (secondary N) is 1. The molecule has 0 atom stereocenters. The molecule has 0 saturated carbocycles. The number of hydrogen-bond donors (Lipinski definition) is 1. The lowest BCUT2D eigenvalue weighted by molar-refractivity contribution is 0.302. The maximum Gasteiger partial charge on any atom is 0.158 e. The number of benzene rings is 1. The highest BCUT2D eigenvalue weighted by molar-refractivity contribution is 6.33. The largest absolute Gasteiger partial charge is 0.497 e. The summed E-state index contributed by atoms with van der Waals surface area (Å²) in [6, 6.07) is 9.26. The number of hydrogen-bond acceptors (Lipinski definition) is 5. The van der Waals surface area contributed by atoms with Gasteiger partial charge in [-0.25, -0.2) is 4.98 Å². The van der Waals surface area contributed by atoms with Crippen LogP contribution in [-0.4, -0.2) is 29.9 Å². The normalized spacial score (nSPS) is 11.5. The Labute approximate surface area is 163 Å². The van der Waals surface area contributed by atoms with E-state index in [9.17, 15) is 0 Å². The summed E-state index contributed by atoms with van der Waals surface area (Å²) in [5.41, 5.74) is 4.03. The molecule has 0 fully saturated rings. The Hall–Kier alpha value is -2.99. The molecule has 0 aliphatic heterocycles. The van der Waals surface area contributed by atoms with Gasteiger partial charge in [0.25, 0.3) is 0 Å². The Kier molecular flexibility index (Phi) is 5.66. The Bertz CT molecular complexity index is 993. The van der Waals surface area contributed by atoms with Gasteiger partial charge >= 0.3 is 0 Å². The Balaban J connectivity index is 1.77. The molecular formula is C20H21ClN4O2. The van der Waals surface area contributed by atoms with Crippen LogP contribution in [0.25, 0.3) is 11.3 Å². The van der Waals surface area contributed by atoms with Crippen LogP contribution in [0.3, 0.4) is 0 Å². The molecule has 1 N–H and O–H groups in total. The van der Waals surface area contributed by atoms with Gasteiger partial charge in [-0.2, -0.15) is 0 Å². The zero-order chi connectivity index (χ0) is 19.4. The lowest BCUT2D eigenvalue weighted by Crippen LogP contribution is -2.14. The van der Waals surface area contributed by atoms with Gasteiger partial charge in [0.05, 0.1) is 23.5 Å². The van der Waals surface area contributed by atoms with Gasteiger partial charge in [-0.05, 0) is 56.5 Å². The van der Waals surface area contributed by atoms with E-state index in [1.54, 1.807) is 13.3 Å². The first-order valence-electron chi connectivity index (χ1n) is 8.35. The summed E-state index contributed by atoms with van der Waals surface area (Å²) in [4.78, 5) is 8.69. The minimum Gasteiger partial charge on any atom is -0.497 e. The minimum absolute atomic E-state index is 0.279. The maximum absolute atomic E-state index is 6.32. The van der Waals surface area contributed by atoms with Crippen molar-refractivity contribution in [1.29, 1.82) is 0 Å². The summed E-state index contributed by atoms with van der Waals surface area (Å²) in [5.74, 6) is 1.52. The average Bonchev–Trinajstić information content (AvgIpc) is 2.99. The maximum atomic E-state index is 6.32. The summed E-state index contributed by atoms with van der Waals surface area (Å²) in [6.45, 7) is 7.86. The summed E-state index contributed by atoms with van der Waals surface area (Å²) in [7, 11) is 1.63. The van der Waals surface area contributed by atoms with Crippen LogP contribution >= 0.6 is 11.6 Å². The smallest absolute Gasteiger partial charge is 0.158 e. The van der Waals surface area contributed by atoms with Crippen molar-refractivity contribution < 1.29 is 9.47 Å². The van der Waals surface area contributed by atoms with E-state index >= 15 is 0 Å². The third-order valence-electron chi connectivity index (χ3n) is 4.02. The molecule has 0 amide bonds. The Morgan fingerprint density at radius 1 is 1.30 bits per heavy atom. The molecule has 140 valence electrons. The van der Waals surface area contributed by atoms with E-state index in [2.05, 4.69) is 22.0 Å². The van der Waals surface area contributed by atoms with E-state index in [1.165, 1.54) is 0 Å². The van der Waals surface area contributed by atoms with Gasteiger partial charge < -0.3 is 14.8 Å². The molecule has 0 aliphatic carbocycles.